The number of hydrogen-bond donors (Lipinski definition) is 1. The van der Waals surface area contributed by atoms with Crippen molar-refractivity contribution in [3.05, 3.63) is 83.4 Å². The third kappa shape index (κ3) is 6.16. The molecule has 8 nitrogen and oxygen atoms in total. The van der Waals surface area contributed by atoms with Crippen LogP contribution in [0.4, 0.5) is 11.4 Å². The van der Waals surface area contributed by atoms with Crippen LogP contribution in [0, 0.1) is 0 Å². The maximum Gasteiger partial charge on any atom is 0.261 e. The van der Waals surface area contributed by atoms with E-state index in [0.717, 1.165) is 36.3 Å². The van der Waals surface area contributed by atoms with Crippen LogP contribution in [0.15, 0.2) is 71.6 Å². The lowest BCUT2D eigenvalue weighted by Crippen LogP contribution is -2.48. The number of carbonyl (C=O) groups is 2. The molecule has 1 aliphatic rings. The first-order valence-corrected chi connectivity index (χ1v) is 14.2. The Labute approximate surface area is 224 Å². The second kappa shape index (κ2) is 12.1. The molecule has 0 saturated carbocycles. The van der Waals surface area contributed by atoms with Crippen molar-refractivity contribution in [3.8, 4) is 5.75 Å². The lowest BCUT2D eigenvalue weighted by Gasteiger charge is -2.36. The summed E-state index contributed by atoms with van der Waals surface area (Å²) in [7, 11) is -2.38. The number of unbranched alkanes of at least 4 members (excludes halogenated alkanes) is 1. The third-order valence-corrected chi connectivity index (χ3v) is 8.05. The number of carbonyl (C=O) groups excluding carboxylic acids is 2. The zero-order chi connectivity index (χ0) is 27.1. The number of piperazine rings is 1. The van der Waals surface area contributed by atoms with Crippen LogP contribution in [-0.2, 0) is 16.4 Å². The van der Waals surface area contributed by atoms with Gasteiger partial charge in [0.15, 0.2) is 6.29 Å². The molecular formula is C29H33N3O5S. The van der Waals surface area contributed by atoms with Crippen molar-refractivity contribution in [2.75, 3.05) is 42.9 Å². The van der Waals surface area contributed by atoms with E-state index in [1.807, 2.05) is 30.3 Å². The van der Waals surface area contributed by atoms with Crippen LogP contribution in [0.25, 0.3) is 0 Å². The van der Waals surface area contributed by atoms with Crippen molar-refractivity contribution in [1.82, 2.24) is 4.90 Å². The average molecular weight is 536 g/mol. The monoisotopic (exact) mass is 535 g/mol. The van der Waals surface area contributed by atoms with Crippen LogP contribution in [0.3, 0.4) is 0 Å². The van der Waals surface area contributed by atoms with E-state index in [1.165, 1.54) is 12.1 Å². The predicted molar refractivity (Wildman–Crippen MR) is 149 cm³/mol. The molecule has 1 aliphatic heterocycles. The molecule has 9 heteroatoms. The molecule has 4 rings (SSSR count). The summed E-state index contributed by atoms with van der Waals surface area (Å²) in [4.78, 5) is 28.8. The third-order valence-electron chi connectivity index (χ3n) is 6.69. The van der Waals surface area contributed by atoms with Crippen molar-refractivity contribution >= 4 is 33.6 Å². The van der Waals surface area contributed by atoms with Gasteiger partial charge in [-0.2, -0.15) is 0 Å². The SMILES string of the molecule is CCCCc1ccc(NS(=O)(=O)c2cccc(C(=O)N3CCN(c4ccccc4OC)CC3)c2)c(C=O)c1. The standard InChI is InChI=1S/C29H33N3O5S/c1-3-4-8-22-13-14-26(24(19-22)21-33)30-38(35,36)25-10-7-9-23(20-25)29(34)32-17-15-31(16-18-32)27-11-5-6-12-28(27)37-2/h5-7,9-14,19-21,30H,3-4,8,15-18H2,1-2H3. The molecule has 0 unspecified atom stereocenters. The number of sulfonamides is 1. The highest BCUT2D eigenvalue weighted by atomic mass is 32.2. The molecule has 1 amide bonds. The summed E-state index contributed by atoms with van der Waals surface area (Å²) in [6, 6.07) is 18.9. The van der Waals surface area contributed by atoms with E-state index in [9.17, 15) is 18.0 Å². The molecule has 1 N–H and O–H groups in total. The normalized spacial score (nSPS) is 13.7. The molecule has 0 radical (unpaired) electrons. The van der Waals surface area contributed by atoms with E-state index in [0.29, 0.717) is 38.0 Å². The molecule has 0 aliphatic carbocycles. The Morgan fingerprint density at radius 2 is 1.76 bits per heavy atom. The minimum Gasteiger partial charge on any atom is -0.495 e. The smallest absolute Gasteiger partial charge is 0.261 e. The van der Waals surface area contributed by atoms with Crippen LogP contribution in [0.2, 0.25) is 0 Å². The number of anilines is 2. The summed E-state index contributed by atoms with van der Waals surface area (Å²) < 4.78 is 34.3. The lowest BCUT2D eigenvalue weighted by atomic mass is 10.0. The van der Waals surface area contributed by atoms with Crippen LogP contribution in [0.5, 0.6) is 5.75 Å². The summed E-state index contributed by atoms with van der Waals surface area (Å²) in [5.41, 5.74) is 2.75. The number of rotatable bonds is 10. The summed E-state index contributed by atoms with van der Waals surface area (Å²) >= 11 is 0. The minimum absolute atomic E-state index is 0.0390. The number of benzene rings is 3. The fourth-order valence-corrected chi connectivity index (χ4v) is 5.70. The summed E-state index contributed by atoms with van der Waals surface area (Å²) in [5.74, 6) is 0.557. The van der Waals surface area contributed by atoms with Gasteiger partial charge in [-0.1, -0.05) is 37.6 Å². The molecule has 0 bridgehead atoms. The number of para-hydroxylation sites is 2. The van der Waals surface area contributed by atoms with Gasteiger partial charge in [0.2, 0.25) is 0 Å². The molecular weight excluding hydrogens is 502 g/mol. The first-order chi connectivity index (χ1) is 18.4. The van der Waals surface area contributed by atoms with Crippen LogP contribution >= 0.6 is 0 Å². The molecule has 0 atom stereocenters. The summed E-state index contributed by atoms with van der Waals surface area (Å²) in [6.07, 6.45) is 3.48. The van der Waals surface area contributed by atoms with Crippen molar-refractivity contribution in [2.45, 2.75) is 31.1 Å². The van der Waals surface area contributed by atoms with Crippen molar-refractivity contribution in [2.24, 2.45) is 0 Å². The molecule has 3 aromatic rings. The van der Waals surface area contributed by atoms with Gasteiger partial charge >= 0.3 is 0 Å². The number of methoxy groups -OCH3 is 1. The molecule has 200 valence electrons. The average Bonchev–Trinajstić information content (AvgIpc) is 2.96. The van der Waals surface area contributed by atoms with Gasteiger partial charge in [0.1, 0.15) is 5.75 Å². The highest BCUT2D eigenvalue weighted by Crippen LogP contribution is 2.29. The number of amides is 1. The Hall–Kier alpha value is -3.85. The van der Waals surface area contributed by atoms with Gasteiger partial charge in [-0.15, -0.1) is 0 Å². The molecule has 1 fully saturated rings. The minimum atomic E-state index is -4.02. The number of ether oxygens (including phenoxy) is 1. The number of hydrogen-bond acceptors (Lipinski definition) is 6. The first kappa shape index (κ1) is 27.2. The molecule has 0 spiro atoms. The fraction of sp³-hybridized carbons (Fsp3) is 0.310. The van der Waals surface area contributed by atoms with E-state index in [2.05, 4.69) is 16.5 Å². The highest BCUT2D eigenvalue weighted by molar-refractivity contribution is 7.92. The molecule has 1 saturated heterocycles. The first-order valence-electron chi connectivity index (χ1n) is 12.7. The van der Waals surface area contributed by atoms with E-state index in [-0.39, 0.29) is 22.1 Å². The molecule has 0 aromatic heterocycles. The fourth-order valence-electron chi connectivity index (χ4n) is 4.56. The van der Waals surface area contributed by atoms with E-state index in [1.54, 1.807) is 36.3 Å². The topological polar surface area (TPSA) is 96.0 Å². The largest absolute Gasteiger partial charge is 0.495 e. The Morgan fingerprint density at radius 3 is 2.47 bits per heavy atom. The number of nitrogens with one attached hydrogen (secondary N) is 1. The van der Waals surface area contributed by atoms with Gasteiger partial charge in [0.05, 0.1) is 23.4 Å². The maximum atomic E-state index is 13.2. The van der Waals surface area contributed by atoms with Gasteiger partial charge in [0, 0.05) is 37.3 Å². The number of nitrogens with zero attached hydrogens (tertiary/aromatic N) is 2. The maximum absolute atomic E-state index is 13.2. The Kier molecular flexibility index (Phi) is 8.68. The molecule has 38 heavy (non-hydrogen) atoms. The van der Waals surface area contributed by atoms with E-state index < -0.39 is 10.0 Å². The Balaban J connectivity index is 1.46. The predicted octanol–water partition coefficient (Wildman–Crippen LogP) is 4.61. The van der Waals surface area contributed by atoms with Crippen molar-refractivity contribution < 1.29 is 22.7 Å². The van der Waals surface area contributed by atoms with Crippen molar-refractivity contribution in [3.63, 3.8) is 0 Å². The van der Waals surface area contributed by atoms with Crippen LogP contribution in [0.1, 0.15) is 46.0 Å². The Bertz CT molecular complexity index is 1400. The quantitative estimate of drug-likeness (QED) is 0.381. The van der Waals surface area contributed by atoms with Crippen LogP contribution < -0.4 is 14.4 Å². The number of aryl methyl sites for hydroxylation is 1. The number of aldehydes is 1. The van der Waals surface area contributed by atoms with Gasteiger partial charge < -0.3 is 14.5 Å². The lowest BCUT2D eigenvalue weighted by molar-refractivity contribution is 0.0746. The second-order valence-electron chi connectivity index (χ2n) is 9.23. The highest BCUT2D eigenvalue weighted by Gasteiger charge is 2.25. The molecule has 3 aromatic carbocycles. The Morgan fingerprint density at radius 1 is 1.00 bits per heavy atom. The second-order valence-corrected chi connectivity index (χ2v) is 10.9. The van der Waals surface area contributed by atoms with Gasteiger partial charge in [-0.25, -0.2) is 8.42 Å². The van der Waals surface area contributed by atoms with Crippen LogP contribution in [-0.4, -0.2) is 58.8 Å². The molecule has 1 heterocycles. The van der Waals surface area contributed by atoms with Gasteiger partial charge in [0.25, 0.3) is 15.9 Å². The summed E-state index contributed by atoms with van der Waals surface area (Å²) in [6.45, 7) is 4.35. The zero-order valence-electron chi connectivity index (χ0n) is 21.7. The van der Waals surface area contributed by atoms with Gasteiger partial charge in [-0.05, 0) is 60.9 Å². The van der Waals surface area contributed by atoms with E-state index in [4.69, 9.17) is 4.74 Å². The van der Waals surface area contributed by atoms with E-state index >= 15 is 0 Å². The van der Waals surface area contributed by atoms with Gasteiger partial charge in [-0.3, -0.25) is 14.3 Å². The summed E-state index contributed by atoms with van der Waals surface area (Å²) in [5, 5.41) is 0. The van der Waals surface area contributed by atoms with Crippen molar-refractivity contribution in [1.29, 1.82) is 0 Å². The zero-order valence-corrected chi connectivity index (χ0v) is 22.5.